The monoisotopic (exact) mass is 657 g/mol. The number of ether oxygens (including phenoxy) is 3. The Balaban J connectivity index is 1.15. The number of nitrogens with two attached hydrogens (primary N) is 1. The van der Waals surface area contributed by atoms with Crippen molar-refractivity contribution in [1.29, 1.82) is 0 Å². The number of pyridine rings is 2. The molecule has 0 spiro atoms. The van der Waals surface area contributed by atoms with Crippen LogP contribution in [0.25, 0.3) is 22.3 Å². The van der Waals surface area contributed by atoms with E-state index < -0.39 is 24.1 Å². The smallest absolute Gasteiger partial charge is 0.415 e. The lowest BCUT2D eigenvalue weighted by atomic mass is 9.97. The number of piperidine rings is 2. The molecule has 2 saturated heterocycles. The lowest BCUT2D eigenvalue weighted by Gasteiger charge is -2.39. The van der Waals surface area contributed by atoms with Crippen LogP contribution in [-0.2, 0) is 38.6 Å². The minimum Gasteiger partial charge on any atom is -0.458 e. The van der Waals surface area contributed by atoms with Crippen LogP contribution in [0.2, 0.25) is 0 Å². The van der Waals surface area contributed by atoms with Crippen LogP contribution in [0.4, 0.5) is 4.79 Å². The van der Waals surface area contributed by atoms with Gasteiger partial charge in [0.2, 0.25) is 6.10 Å². The van der Waals surface area contributed by atoms with E-state index in [0.717, 1.165) is 42.4 Å². The van der Waals surface area contributed by atoms with Crippen molar-refractivity contribution in [3.63, 3.8) is 0 Å². The Kier molecular flexibility index (Phi) is 8.71. The number of aromatic nitrogens is 2. The Morgan fingerprint density at radius 3 is 2.50 bits per heavy atom. The highest BCUT2D eigenvalue weighted by atomic mass is 16.6. The number of carbonyl (C=O) groups excluding carboxylic acids is 3. The summed E-state index contributed by atoms with van der Waals surface area (Å²) in [5.41, 5.74) is 9.95. The van der Waals surface area contributed by atoms with Gasteiger partial charge in [0.15, 0.2) is 0 Å². The van der Waals surface area contributed by atoms with Crippen LogP contribution < -0.4 is 16.0 Å². The van der Waals surface area contributed by atoms with E-state index in [0.29, 0.717) is 53.8 Å². The molecule has 6 heterocycles. The summed E-state index contributed by atoms with van der Waals surface area (Å²) in [6.07, 6.45) is 4.66. The van der Waals surface area contributed by atoms with Gasteiger partial charge in [-0.2, -0.15) is 0 Å². The van der Waals surface area contributed by atoms with Crippen LogP contribution >= 0.6 is 0 Å². The number of hydrogen-bond acceptors (Lipinski definition) is 10. The molecule has 0 bridgehead atoms. The predicted octanol–water partition coefficient (Wildman–Crippen LogP) is 4.06. The first kappa shape index (κ1) is 32.3. The maximum Gasteiger partial charge on any atom is 0.415 e. The zero-order chi connectivity index (χ0) is 33.7. The highest BCUT2D eigenvalue weighted by Gasteiger charge is 2.39. The van der Waals surface area contributed by atoms with Crippen LogP contribution in [0.15, 0.2) is 29.1 Å². The van der Waals surface area contributed by atoms with E-state index in [2.05, 4.69) is 4.90 Å². The van der Waals surface area contributed by atoms with E-state index in [-0.39, 0.29) is 36.3 Å². The number of cyclic esters (lactones) is 1. The van der Waals surface area contributed by atoms with Crippen molar-refractivity contribution in [2.75, 3.05) is 26.2 Å². The molecule has 1 aromatic carbocycles. The molecule has 2 N–H and O–H groups in total. The first-order valence-electron chi connectivity index (χ1n) is 17.2. The van der Waals surface area contributed by atoms with Gasteiger partial charge in [-0.25, -0.2) is 14.6 Å². The van der Waals surface area contributed by atoms with E-state index in [1.54, 1.807) is 35.4 Å². The molecular formula is C36H43N5O7. The minimum absolute atomic E-state index is 0.204. The molecule has 7 rings (SSSR count). The van der Waals surface area contributed by atoms with Gasteiger partial charge in [0.05, 0.1) is 29.0 Å². The van der Waals surface area contributed by atoms with Crippen molar-refractivity contribution in [2.24, 2.45) is 11.7 Å². The number of esters is 2. The lowest BCUT2D eigenvalue weighted by molar-refractivity contribution is -0.173. The highest BCUT2D eigenvalue weighted by Crippen LogP contribution is 2.39. The molecule has 3 aromatic rings. The standard InChI is InChI=1S/C36H43N5O7/c1-4-23-24-16-22(47-36(45)40-14-10-21(11-15-40)39-12-6-5-7-13-39)8-9-28(24)38-31-26(23)18-41-29(31)17-25-27(33(41)42)19-46-35(44)32(25)48-34(43)30(37)20(2)3/h8-9,16-17,20-21,30,32H,4-7,10-15,18-19,37H2,1-3H3/t30?,32-/m0/s1. The van der Waals surface area contributed by atoms with Gasteiger partial charge in [-0.05, 0) is 80.9 Å². The molecule has 12 heteroatoms. The SMILES string of the molecule is CCc1c2c(nc3ccc(OC(=O)N4CCC(N5CCCCC5)CC4)cc13)-c1cc3c(c(=O)n1C2)COC(=O)[C@H]3OC(=O)C(N)C(C)C. The normalized spacial score (nSPS) is 20.2. The zero-order valence-electron chi connectivity index (χ0n) is 27.8. The number of benzene rings is 1. The Morgan fingerprint density at radius 1 is 1.04 bits per heavy atom. The number of nitrogens with zero attached hydrogens (tertiary/aromatic N) is 4. The Morgan fingerprint density at radius 2 is 1.79 bits per heavy atom. The molecule has 48 heavy (non-hydrogen) atoms. The fourth-order valence-corrected chi connectivity index (χ4v) is 7.58. The maximum absolute atomic E-state index is 13.8. The molecule has 2 atom stereocenters. The Labute approximate surface area is 279 Å². The van der Waals surface area contributed by atoms with E-state index >= 15 is 0 Å². The average Bonchev–Trinajstić information content (AvgIpc) is 3.46. The van der Waals surface area contributed by atoms with Crippen molar-refractivity contribution in [3.05, 3.63) is 56.9 Å². The van der Waals surface area contributed by atoms with Gasteiger partial charge >= 0.3 is 18.0 Å². The summed E-state index contributed by atoms with van der Waals surface area (Å²) < 4.78 is 18.3. The molecule has 1 amide bonds. The second-order valence-corrected chi connectivity index (χ2v) is 13.7. The fourth-order valence-electron chi connectivity index (χ4n) is 7.58. The summed E-state index contributed by atoms with van der Waals surface area (Å²) in [7, 11) is 0. The average molecular weight is 658 g/mol. The number of rotatable bonds is 6. The molecule has 12 nitrogen and oxygen atoms in total. The molecule has 4 aliphatic heterocycles. The van der Waals surface area contributed by atoms with E-state index in [1.165, 1.54) is 19.3 Å². The third-order valence-electron chi connectivity index (χ3n) is 10.4. The van der Waals surface area contributed by atoms with Crippen LogP contribution in [0.1, 0.15) is 81.2 Å². The molecule has 0 aliphatic carbocycles. The van der Waals surface area contributed by atoms with E-state index in [9.17, 15) is 19.2 Å². The van der Waals surface area contributed by atoms with E-state index in [4.69, 9.17) is 24.9 Å². The predicted molar refractivity (Wildman–Crippen MR) is 177 cm³/mol. The highest BCUT2D eigenvalue weighted by molar-refractivity contribution is 5.90. The fraction of sp³-hybridized carbons (Fsp3) is 0.528. The van der Waals surface area contributed by atoms with Gasteiger partial charge in [0.1, 0.15) is 18.4 Å². The number of fused-ring (bicyclic) bond motifs is 5. The first-order chi connectivity index (χ1) is 23.1. The third kappa shape index (κ3) is 5.74. The summed E-state index contributed by atoms with van der Waals surface area (Å²) in [6.45, 7) is 9.35. The lowest BCUT2D eigenvalue weighted by Crippen LogP contribution is -2.48. The largest absolute Gasteiger partial charge is 0.458 e. The Bertz CT molecular complexity index is 1840. The van der Waals surface area contributed by atoms with Crippen LogP contribution in [0, 0.1) is 5.92 Å². The maximum atomic E-state index is 13.8. The third-order valence-corrected chi connectivity index (χ3v) is 10.4. The van der Waals surface area contributed by atoms with Gasteiger partial charge in [-0.1, -0.05) is 27.2 Å². The second kappa shape index (κ2) is 13.0. The number of amides is 1. The van der Waals surface area contributed by atoms with Crippen molar-refractivity contribution in [1.82, 2.24) is 19.4 Å². The van der Waals surface area contributed by atoms with Gasteiger partial charge in [-0.15, -0.1) is 0 Å². The van der Waals surface area contributed by atoms with Crippen molar-refractivity contribution >= 4 is 28.9 Å². The zero-order valence-corrected chi connectivity index (χ0v) is 27.8. The van der Waals surface area contributed by atoms with Crippen LogP contribution in [0.5, 0.6) is 5.75 Å². The van der Waals surface area contributed by atoms with Crippen LogP contribution in [-0.4, -0.2) is 75.6 Å². The van der Waals surface area contributed by atoms with Crippen molar-refractivity contribution in [2.45, 2.75) is 90.6 Å². The summed E-state index contributed by atoms with van der Waals surface area (Å²) in [5.74, 6) is -1.24. The van der Waals surface area contributed by atoms with Crippen LogP contribution in [0.3, 0.4) is 0 Å². The minimum atomic E-state index is -1.40. The number of likely N-dealkylation sites (tertiary alicyclic amines) is 2. The summed E-state index contributed by atoms with van der Waals surface area (Å²) in [4.78, 5) is 61.9. The van der Waals surface area contributed by atoms with Gasteiger partial charge in [-0.3, -0.25) is 9.59 Å². The molecular weight excluding hydrogens is 614 g/mol. The molecule has 4 aliphatic rings. The van der Waals surface area contributed by atoms with E-state index in [1.807, 2.05) is 19.1 Å². The molecule has 1 unspecified atom stereocenters. The molecule has 2 aromatic heterocycles. The van der Waals surface area contributed by atoms with Crippen molar-refractivity contribution in [3.8, 4) is 17.1 Å². The van der Waals surface area contributed by atoms with Gasteiger partial charge in [0.25, 0.3) is 5.56 Å². The quantitative estimate of drug-likeness (QED) is 0.301. The topological polar surface area (TPSA) is 146 Å². The molecule has 0 saturated carbocycles. The van der Waals surface area contributed by atoms with Gasteiger partial charge < -0.3 is 34.3 Å². The number of hydrogen-bond donors (Lipinski definition) is 1. The summed E-state index contributed by atoms with van der Waals surface area (Å²) in [6, 6.07) is 6.75. The molecule has 254 valence electrons. The van der Waals surface area contributed by atoms with Gasteiger partial charge in [0, 0.05) is 35.6 Å². The molecule has 0 radical (unpaired) electrons. The number of carbonyl (C=O) groups is 3. The summed E-state index contributed by atoms with van der Waals surface area (Å²) in [5, 5.41) is 0.851. The number of aryl methyl sites for hydroxylation is 1. The van der Waals surface area contributed by atoms with Crippen molar-refractivity contribution < 1.29 is 28.6 Å². The second-order valence-electron chi connectivity index (χ2n) is 13.7. The Hall–Kier alpha value is -4.29. The first-order valence-corrected chi connectivity index (χ1v) is 17.2. The molecule has 2 fully saturated rings. The summed E-state index contributed by atoms with van der Waals surface area (Å²) >= 11 is 0.